The summed E-state index contributed by atoms with van der Waals surface area (Å²) in [5.41, 5.74) is 1.04. The highest BCUT2D eigenvalue weighted by Crippen LogP contribution is 2.41. The van der Waals surface area contributed by atoms with Gasteiger partial charge in [-0.15, -0.1) is 0 Å². The van der Waals surface area contributed by atoms with E-state index in [0.29, 0.717) is 6.61 Å². The van der Waals surface area contributed by atoms with E-state index in [4.69, 9.17) is 9.16 Å². The molecule has 0 N–H and O–H groups in total. The molecule has 0 aliphatic rings. The lowest BCUT2D eigenvalue weighted by Gasteiger charge is -2.39. The molecule has 4 heteroatoms. The fourth-order valence-corrected chi connectivity index (χ4v) is 3.82. The van der Waals surface area contributed by atoms with Crippen molar-refractivity contribution < 1.29 is 14.0 Å². The molecule has 0 aliphatic carbocycles. The fraction of sp³-hybridized carbons (Fsp3) is 0.476. The zero-order chi connectivity index (χ0) is 18.7. The fourth-order valence-electron chi connectivity index (χ4n) is 2.54. The Morgan fingerprint density at radius 2 is 1.72 bits per heavy atom. The Balaban J connectivity index is 2.36. The zero-order valence-electron chi connectivity index (χ0n) is 16.3. The molecule has 0 heterocycles. The number of hydrogen-bond donors (Lipinski definition) is 0. The lowest BCUT2D eigenvalue weighted by atomic mass is 10.0. The van der Waals surface area contributed by atoms with Crippen LogP contribution in [0.4, 0.5) is 0 Å². The van der Waals surface area contributed by atoms with Gasteiger partial charge in [0.05, 0.1) is 19.1 Å². The number of fused-ring (bicyclic) bond motifs is 1. The van der Waals surface area contributed by atoms with Crippen LogP contribution in [0.15, 0.2) is 42.5 Å². The van der Waals surface area contributed by atoms with E-state index >= 15 is 0 Å². The van der Waals surface area contributed by atoms with Crippen molar-refractivity contribution in [3.8, 4) is 0 Å². The minimum atomic E-state index is -2.02. The predicted octanol–water partition coefficient (Wildman–Crippen LogP) is 5.86. The topological polar surface area (TPSA) is 35.5 Å². The van der Waals surface area contributed by atoms with Crippen LogP contribution in [-0.2, 0) is 14.0 Å². The Hall–Kier alpha value is -1.65. The summed E-state index contributed by atoms with van der Waals surface area (Å²) in [6, 6.07) is 14.5. The van der Waals surface area contributed by atoms with Gasteiger partial charge in [-0.3, -0.25) is 4.79 Å². The van der Waals surface area contributed by atoms with Gasteiger partial charge < -0.3 is 9.16 Å². The SMILES string of the molecule is CCOC(=O)CC(O[Si](C)(C)C(C)(C)C)c1ccc2ccccc2c1. The molecule has 3 nitrogen and oxygen atoms in total. The third-order valence-corrected chi connectivity index (χ3v) is 9.53. The molecular formula is C21H30O3Si. The molecule has 0 aromatic heterocycles. The van der Waals surface area contributed by atoms with Crippen molar-refractivity contribution in [2.24, 2.45) is 0 Å². The van der Waals surface area contributed by atoms with Crippen LogP contribution >= 0.6 is 0 Å². The monoisotopic (exact) mass is 358 g/mol. The van der Waals surface area contributed by atoms with Crippen LogP contribution in [0, 0.1) is 0 Å². The maximum Gasteiger partial charge on any atom is 0.308 e. The van der Waals surface area contributed by atoms with Crippen LogP contribution in [0.1, 0.15) is 45.8 Å². The summed E-state index contributed by atoms with van der Waals surface area (Å²) >= 11 is 0. The summed E-state index contributed by atoms with van der Waals surface area (Å²) in [5, 5.41) is 2.43. The highest BCUT2D eigenvalue weighted by Gasteiger charge is 2.40. The zero-order valence-corrected chi connectivity index (χ0v) is 17.3. The third-order valence-electron chi connectivity index (χ3n) is 5.05. The molecule has 25 heavy (non-hydrogen) atoms. The molecule has 136 valence electrons. The van der Waals surface area contributed by atoms with Crippen molar-refractivity contribution in [3.05, 3.63) is 48.0 Å². The van der Waals surface area contributed by atoms with E-state index in [0.717, 1.165) is 10.9 Å². The smallest absolute Gasteiger partial charge is 0.308 e. The molecule has 2 aromatic rings. The quantitative estimate of drug-likeness (QED) is 0.479. The van der Waals surface area contributed by atoms with Gasteiger partial charge in [-0.1, -0.05) is 57.2 Å². The van der Waals surface area contributed by atoms with Gasteiger partial charge in [-0.25, -0.2) is 0 Å². The van der Waals surface area contributed by atoms with Crippen LogP contribution < -0.4 is 0 Å². The van der Waals surface area contributed by atoms with Crippen LogP contribution in [-0.4, -0.2) is 20.9 Å². The third kappa shape index (κ3) is 4.92. The van der Waals surface area contributed by atoms with Gasteiger partial charge in [0.2, 0.25) is 0 Å². The van der Waals surface area contributed by atoms with Crippen molar-refractivity contribution >= 4 is 25.1 Å². The molecule has 2 rings (SSSR count). The van der Waals surface area contributed by atoms with Gasteiger partial charge >= 0.3 is 5.97 Å². The molecule has 0 saturated carbocycles. The molecule has 0 bridgehead atoms. The first-order valence-electron chi connectivity index (χ1n) is 8.96. The lowest BCUT2D eigenvalue weighted by Crippen LogP contribution is -2.42. The second-order valence-corrected chi connectivity index (χ2v) is 12.7. The van der Waals surface area contributed by atoms with Gasteiger partial charge in [-0.2, -0.15) is 0 Å². The maximum atomic E-state index is 12.1. The molecule has 0 aliphatic heterocycles. The summed E-state index contributed by atoms with van der Waals surface area (Å²) in [7, 11) is -2.02. The van der Waals surface area contributed by atoms with Crippen molar-refractivity contribution in [1.29, 1.82) is 0 Å². The molecule has 0 spiro atoms. The van der Waals surface area contributed by atoms with Crippen molar-refractivity contribution in [2.75, 3.05) is 6.61 Å². The normalized spacial score (nSPS) is 13.7. The minimum absolute atomic E-state index is 0.0801. The average Bonchev–Trinajstić information content (AvgIpc) is 2.52. The summed E-state index contributed by atoms with van der Waals surface area (Å²) in [5.74, 6) is -0.209. The lowest BCUT2D eigenvalue weighted by molar-refractivity contribution is -0.145. The molecular weight excluding hydrogens is 328 g/mol. The first-order valence-corrected chi connectivity index (χ1v) is 11.9. The first-order chi connectivity index (χ1) is 11.6. The second kappa shape index (κ2) is 7.71. The number of esters is 1. The average molecular weight is 359 g/mol. The number of carbonyl (C=O) groups excluding carboxylic acids is 1. The highest BCUT2D eigenvalue weighted by atomic mass is 28.4. The van der Waals surface area contributed by atoms with Gasteiger partial charge in [0.25, 0.3) is 0 Å². The van der Waals surface area contributed by atoms with Crippen LogP contribution in [0.3, 0.4) is 0 Å². The molecule has 0 saturated heterocycles. The maximum absolute atomic E-state index is 12.1. The Bertz CT molecular complexity index is 731. The number of ether oxygens (including phenoxy) is 1. The van der Waals surface area contributed by atoms with Gasteiger partial charge in [0, 0.05) is 0 Å². The second-order valence-electron chi connectivity index (χ2n) is 7.98. The number of rotatable bonds is 6. The summed E-state index contributed by atoms with van der Waals surface area (Å²) in [6.07, 6.45) is -0.0249. The first kappa shape index (κ1) is 19.7. The van der Waals surface area contributed by atoms with Gasteiger partial charge in [-0.05, 0) is 47.5 Å². The standard InChI is InChI=1S/C21H30O3Si/c1-7-23-20(22)15-19(24-25(5,6)21(2,3)4)18-13-12-16-10-8-9-11-17(16)14-18/h8-14,19H,7,15H2,1-6H3. The Morgan fingerprint density at radius 3 is 2.32 bits per heavy atom. The van der Waals surface area contributed by atoms with E-state index in [1.54, 1.807) is 0 Å². The minimum Gasteiger partial charge on any atom is -0.466 e. The number of carbonyl (C=O) groups is 1. The Labute approximate surface area is 152 Å². The predicted molar refractivity (Wildman–Crippen MR) is 106 cm³/mol. The van der Waals surface area contributed by atoms with Crippen molar-refractivity contribution in [3.63, 3.8) is 0 Å². The largest absolute Gasteiger partial charge is 0.466 e. The van der Waals surface area contributed by atoms with Gasteiger partial charge in [0.15, 0.2) is 8.32 Å². The summed E-state index contributed by atoms with van der Waals surface area (Å²) < 4.78 is 11.8. The molecule has 0 fully saturated rings. The highest BCUT2D eigenvalue weighted by molar-refractivity contribution is 6.74. The number of benzene rings is 2. The molecule has 1 unspecified atom stereocenters. The van der Waals surface area contributed by atoms with Gasteiger partial charge in [0.1, 0.15) is 0 Å². The summed E-state index contributed by atoms with van der Waals surface area (Å²) in [6.45, 7) is 13.3. The van der Waals surface area contributed by atoms with E-state index in [1.807, 2.05) is 19.1 Å². The van der Waals surface area contributed by atoms with Crippen LogP contribution in [0.25, 0.3) is 10.8 Å². The van der Waals surface area contributed by atoms with E-state index < -0.39 is 8.32 Å². The summed E-state index contributed by atoms with van der Waals surface area (Å²) in [4.78, 5) is 12.1. The molecule has 1 atom stereocenters. The molecule has 0 radical (unpaired) electrons. The van der Waals surface area contributed by atoms with E-state index in [2.05, 4.69) is 64.2 Å². The van der Waals surface area contributed by atoms with Crippen LogP contribution in [0.5, 0.6) is 0 Å². The van der Waals surface area contributed by atoms with E-state index in [-0.39, 0.29) is 23.5 Å². The van der Waals surface area contributed by atoms with Crippen LogP contribution in [0.2, 0.25) is 18.1 Å². The van der Waals surface area contributed by atoms with E-state index in [1.165, 1.54) is 5.39 Å². The van der Waals surface area contributed by atoms with Crippen molar-refractivity contribution in [1.82, 2.24) is 0 Å². The molecule has 2 aromatic carbocycles. The number of hydrogen-bond acceptors (Lipinski definition) is 3. The van der Waals surface area contributed by atoms with E-state index in [9.17, 15) is 4.79 Å². The molecule has 0 amide bonds. The Kier molecular flexibility index (Phi) is 6.06. The Morgan fingerprint density at radius 1 is 1.08 bits per heavy atom. The van der Waals surface area contributed by atoms with Crippen molar-refractivity contribution in [2.45, 2.75) is 58.4 Å².